The Morgan fingerprint density at radius 1 is 1.28 bits per heavy atom. The monoisotopic (exact) mass is 407 g/mol. The van der Waals surface area contributed by atoms with E-state index in [9.17, 15) is 13.2 Å². The van der Waals surface area contributed by atoms with Crippen molar-refractivity contribution < 1.29 is 23.1 Å². The number of carboxylic acid groups (broad SMARTS) is 1. The van der Waals surface area contributed by atoms with E-state index in [1.54, 1.807) is 0 Å². The van der Waals surface area contributed by atoms with Gasteiger partial charge in [-0.25, -0.2) is 14.8 Å². The van der Waals surface area contributed by atoms with Crippen LogP contribution >= 0.6 is 0 Å². The zero-order chi connectivity index (χ0) is 20.9. The van der Waals surface area contributed by atoms with Gasteiger partial charge in [-0.1, -0.05) is 18.2 Å². The number of fused-ring (bicyclic) bond motifs is 1. The number of anilines is 1. The lowest BCUT2D eigenvalue weighted by Gasteiger charge is -2.11. The predicted molar refractivity (Wildman–Crippen MR) is 103 cm³/mol. The molecule has 0 amide bonds. The molecule has 1 atom stereocenters. The van der Waals surface area contributed by atoms with E-state index in [0.29, 0.717) is 12.0 Å². The molecule has 1 aliphatic heterocycles. The molecule has 7 nitrogen and oxygen atoms in total. The molecular weight excluding hydrogens is 387 g/mol. The van der Waals surface area contributed by atoms with Gasteiger partial charge in [0.1, 0.15) is 0 Å². The van der Waals surface area contributed by atoms with Crippen LogP contribution in [-0.4, -0.2) is 51.3 Å². The second-order valence-corrected chi connectivity index (χ2v) is 6.49. The van der Waals surface area contributed by atoms with E-state index >= 15 is 0 Å². The number of carbonyl (C=O) groups is 1. The number of halogens is 3. The van der Waals surface area contributed by atoms with E-state index in [-0.39, 0.29) is 0 Å². The van der Waals surface area contributed by atoms with Crippen molar-refractivity contribution in [3.05, 3.63) is 42.7 Å². The van der Waals surface area contributed by atoms with Crippen molar-refractivity contribution in [2.45, 2.75) is 25.1 Å². The SMILES string of the molecule is O=C(O)C(F)(F)F.c1ccc2c(-c3ccnc(NC[C@H]4CCCN4)n3)c[nH]c2c1. The molecule has 0 spiro atoms. The van der Waals surface area contributed by atoms with Gasteiger partial charge in [0.25, 0.3) is 0 Å². The Hall–Kier alpha value is -3.14. The summed E-state index contributed by atoms with van der Waals surface area (Å²) in [6.07, 6.45) is 1.21. The van der Waals surface area contributed by atoms with Gasteiger partial charge >= 0.3 is 12.1 Å². The summed E-state index contributed by atoms with van der Waals surface area (Å²) in [6, 6.07) is 10.7. The van der Waals surface area contributed by atoms with Crippen molar-refractivity contribution >= 4 is 22.8 Å². The van der Waals surface area contributed by atoms with Gasteiger partial charge in [-0.2, -0.15) is 13.2 Å². The summed E-state index contributed by atoms with van der Waals surface area (Å²) in [7, 11) is 0. The van der Waals surface area contributed by atoms with Crippen LogP contribution in [-0.2, 0) is 4.79 Å². The van der Waals surface area contributed by atoms with Crippen LogP contribution in [0.3, 0.4) is 0 Å². The van der Waals surface area contributed by atoms with Gasteiger partial charge < -0.3 is 20.7 Å². The van der Waals surface area contributed by atoms with E-state index in [1.165, 1.54) is 18.2 Å². The summed E-state index contributed by atoms with van der Waals surface area (Å²) in [5, 5.41) is 15.1. The molecule has 1 saturated heterocycles. The van der Waals surface area contributed by atoms with Crippen LogP contribution in [0.1, 0.15) is 12.8 Å². The Labute approximate surface area is 164 Å². The van der Waals surface area contributed by atoms with E-state index in [2.05, 4.69) is 37.7 Å². The number of aromatic amines is 1. The van der Waals surface area contributed by atoms with Crippen LogP contribution in [0.15, 0.2) is 42.7 Å². The fourth-order valence-electron chi connectivity index (χ4n) is 3.02. The Balaban J connectivity index is 0.000000298. The standard InChI is InChI=1S/C17H19N5.C2HF3O2/c1-2-6-15-13(5-1)14(11-20-15)16-7-9-19-17(22-16)21-10-12-4-3-8-18-12;3-2(4,5)1(6)7/h1-2,5-7,9,11-12,18,20H,3-4,8,10H2,(H,19,21,22);(H,6,7)/t12-;/m1./s1. The normalized spacial score (nSPS) is 16.3. The first kappa shape index (κ1) is 20.6. The lowest BCUT2D eigenvalue weighted by molar-refractivity contribution is -0.192. The van der Waals surface area contributed by atoms with Gasteiger partial charge in [-0.3, -0.25) is 0 Å². The second-order valence-electron chi connectivity index (χ2n) is 6.49. The summed E-state index contributed by atoms with van der Waals surface area (Å²) < 4.78 is 31.7. The number of rotatable bonds is 4. The minimum absolute atomic E-state index is 0.528. The summed E-state index contributed by atoms with van der Waals surface area (Å²) in [5.41, 5.74) is 3.18. The van der Waals surface area contributed by atoms with Gasteiger partial charge in [-0.05, 0) is 31.5 Å². The van der Waals surface area contributed by atoms with Gasteiger partial charge in [-0.15, -0.1) is 0 Å². The third-order valence-corrected chi connectivity index (χ3v) is 4.43. The van der Waals surface area contributed by atoms with Crippen LogP contribution in [0, 0.1) is 0 Å². The first-order chi connectivity index (χ1) is 13.8. The Morgan fingerprint density at radius 2 is 2.03 bits per heavy atom. The highest BCUT2D eigenvalue weighted by Crippen LogP contribution is 2.27. The molecule has 4 rings (SSSR count). The van der Waals surface area contributed by atoms with E-state index in [0.717, 1.165) is 29.9 Å². The lowest BCUT2D eigenvalue weighted by Crippen LogP contribution is -2.29. The smallest absolute Gasteiger partial charge is 0.475 e. The van der Waals surface area contributed by atoms with Crippen molar-refractivity contribution in [1.29, 1.82) is 0 Å². The summed E-state index contributed by atoms with van der Waals surface area (Å²) in [4.78, 5) is 21.2. The van der Waals surface area contributed by atoms with E-state index in [4.69, 9.17) is 9.90 Å². The highest BCUT2D eigenvalue weighted by Gasteiger charge is 2.38. The van der Waals surface area contributed by atoms with Crippen LogP contribution in [0.25, 0.3) is 22.2 Å². The van der Waals surface area contributed by atoms with Gasteiger partial charge in [0, 0.05) is 41.4 Å². The van der Waals surface area contributed by atoms with Crippen LogP contribution in [0.2, 0.25) is 0 Å². The van der Waals surface area contributed by atoms with E-state index < -0.39 is 12.1 Å². The lowest BCUT2D eigenvalue weighted by atomic mass is 10.1. The highest BCUT2D eigenvalue weighted by atomic mass is 19.4. The number of hydrogen-bond donors (Lipinski definition) is 4. The van der Waals surface area contributed by atoms with Gasteiger partial charge in [0.05, 0.1) is 5.69 Å². The Bertz CT molecular complexity index is 968. The maximum absolute atomic E-state index is 10.6. The number of H-pyrrole nitrogens is 1. The molecule has 0 aliphatic carbocycles. The van der Waals surface area contributed by atoms with Crippen molar-refractivity contribution in [1.82, 2.24) is 20.3 Å². The number of aliphatic carboxylic acids is 1. The third-order valence-electron chi connectivity index (χ3n) is 4.43. The predicted octanol–water partition coefficient (Wildman–Crippen LogP) is 3.42. The quantitative estimate of drug-likeness (QED) is 0.529. The minimum atomic E-state index is -5.08. The van der Waals surface area contributed by atoms with E-state index in [1.807, 2.05) is 30.6 Å². The first-order valence-electron chi connectivity index (χ1n) is 9.01. The average molecular weight is 407 g/mol. The molecule has 1 fully saturated rings. The number of aromatic nitrogens is 3. The number of alkyl halides is 3. The van der Waals surface area contributed by atoms with Crippen molar-refractivity contribution in [3.63, 3.8) is 0 Å². The number of carboxylic acids is 1. The molecule has 3 heterocycles. The van der Waals surface area contributed by atoms with Crippen LogP contribution in [0.5, 0.6) is 0 Å². The zero-order valence-electron chi connectivity index (χ0n) is 15.3. The van der Waals surface area contributed by atoms with Crippen molar-refractivity contribution in [3.8, 4) is 11.3 Å². The summed E-state index contributed by atoms with van der Waals surface area (Å²) >= 11 is 0. The zero-order valence-corrected chi connectivity index (χ0v) is 15.3. The number of nitrogens with zero attached hydrogens (tertiary/aromatic N) is 2. The molecule has 10 heteroatoms. The maximum Gasteiger partial charge on any atom is 0.490 e. The number of nitrogens with one attached hydrogen (secondary N) is 3. The molecule has 29 heavy (non-hydrogen) atoms. The van der Waals surface area contributed by atoms with Crippen LogP contribution in [0.4, 0.5) is 19.1 Å². The Kier molecular flexibility index (Phi) is 6.32. The Morgan fingerprint density at radius 3 is 2.72 bits per heavy atom. The fraction of sp³-hybridized carbons (Fsp3) is 0.316. The maximum atomic E-state index is 10.6. The highest BCUT2D eigenvalue weighted by molar-refractivity contribution is 5.94. The molecular formula is C19H20F3N5O2. The number of para-hydroxylation sites is 1. The van der Waals surface area contributed by atoms with Crippen molar-refractivity contribution in [2.75, 3.05) is 18.4 Å². The minimum Gasteiger partial charge on any atom is -0.475 e. The molecule has 4 N–H and O–H groups in total. The van der Waals surface area contributed by atoms with Gasteiger partial charge in [0.2, 0.25) is 5.95 Å². The molecule has 2 aromatic heterocycles. The molecule has 0 saturated carbocycles. The number of benzene rings is 1. The topological polar surface area (TPSA) is 103 Å². The largest absolute Gasteiger partial charge is 0.490 e. The fourth-order valence-corrected chi connectivity index (χ4v) is 3.02. The average Bonchev–Trinajstić information content (AvgIpc) is 3.36. The molecule has 1 aromatic carbocycles. The first-order valence-corrected chi connectivity index (χ1v) is 9.01. The summed E-state index contributed by atoms with van der Waals surface area (Å²) in [6.45, 7) is 1.99. The molecule has 154 valence electrons. The van der Waals surface area contributed by atoms with Crippen LogP contribution < -0.4 is 10.6 Å². The molecule has 1 aliphatic rings. The van der Waals surface area contributed by atoms with Gasteiger partial charge in [0.15, 0.2) is 0 Å². The van der Waals surface area contributed by atoms with Crippen molar-refractivity contribution in [2.24, 2.45) is 0 Å². The molecule has 0 radical (unpaired) electrons. The summed E-state index contributed by atoms with van der Waals surface area (Å²) in [5.74, 6) is -2.07. The number of hydrogen-bond acceptors (Lipinski definition) is 5. The molecule has 0 bridgehead atoms. The third kappa shape index (κ3) is 5.44. The second kappa shape index (κ2) is 8.91. The molecule has 0 unspecified atom stereocenters. The molecule has 3 aromatic rings.